The summed E-state index contributed by atoms with van der Waals surface area (Å²) in [6, 6.07) is 9.16. The molecule has 1 aliphatic rings. The van der Waals surface area contributed by atoms with Crippen molar-refractivity contribution in [3.63, 3.8) is 0 Å². The summed E-state index contributed by atoms with van der Waals surface area (Å²) in [5.41, 5.74) is 4.47. The van der Waals surface area contributed by atoms with Gasteiger partial charge in [0.05, 0.1) is 12.0 Å². The highest BCUT2D eigenvalue weighted by Crippen LogP contribution is 2.29. The third-order valence-corrected chi connectivity index (χ3v) is 3.61. The fourth-order valence-electron chi connectivity index (χ4n) is 2.49. The summed E-state index contributed by atoms with van der Waals surface area (Å²) in [5, 5.41) is 8.89. The lowest BCUT2D eigenvalue weighted by Gasteiger charge is -2.19. The Labute approximate surface area is 110 Å². The van der Waals surface area contributed by atoms with Gasteiger partial charge in [0.15, 0.2) is 0 Å². The molecule has 2 heteroatoms. The van der Waals surface area contributed by atoms with Gasteiger partial charge in [-0.3, -0.25) is 4.90 Å². The largest absolute Gasteiger partial charge is 0.294 e. The maximum atomic E-state index is 8.89. The lowest BCUT2D eigenvalue weighted by molar-refractivity contribution is 0.264. The van der Waals surface area contributed by atoms with Crippen LogP contribution in [0, 0.1) is 17.2 Å². The maximum Gasteiger partial charge on any atom is 0.0666 e. The third kappa shape index (κ3) is 2.73. The molecule has 0 aromatic heterocycles. The van der Waals surface area contributed by atoms with E-state index >= 15 is 0 Å². The Hall–Kier alpha value is -1.33. The smallest absolute Gasteiger partial charge is 0.0666 e. The molecule has 0 radical (unpaired) electrons. The van der Waals surface area contributed by atoms with Gasteiger partial charge < -0.3 is 0 Å². The minimum Gasteiger partial charge on any atom is -0.294 e. The van der Waals surface area contributed by atoms with Crippen LogP contribution in [0.2, 0.25) is 0 Å². The quantitative estimate of drug-likeness (QED) is 0.794. The zero-order chi connectivity index (χ0) is 13.3. The second kappa shape index (κ2) is 4.74. The lowest BCUT2D eigenvalue weighted by Crippen LogP contribution is -2.22. The molecule has 0 aliphatic carbocycles. The van der Waals surface area contributed by atoms with Crippen molar-refractivity contribution in [1.29, 1.82) is 5.26 Å². The molecule has 2 rings (SSSR count). The predicted molar refractivity (Wildman–Crippen MR) is 74.0 cm³/mol. The molecule has 2 nitrogen and oxygen atoms in total. The van der Waals surface area contributed by atoms with E-state index in [1.165, 1.54) is 16.7 Å². The van der Waals surface area contributed by atoms with Gasteiger partial charge in [-0.25, -0.2) is 0 Å². The minimum absolute atomic E-state index is 0.112. The van der Waals surface area contributed by atoms with Gasteiger partial charge in [-0.05, 0) is 29.0 Å². The number of fused-ring (bicyclic) bond motifs is 1. The van der Waals surface area contributed by atoms with Crippen molar-refractivity contribution in [3.05, 3.63) is 34.9 Å². The molecule has 1 heterocycles. The van der Waals surface area contributed by atoms with Crippen LogP contribution >= 0.6 is 0 Å². The maximum absolute atomic E-state index is 8.89. The Morgan fingerprint density at radius 1 is 1.28 bits per heavy atom. The van der Waals surface area contributed by atoms with Gasteiger partial charge in [-0.15, -0.1) is 0 Å². The Morgan fingerprint density at radius 2 is 1.94 bits per heavy atom. The van der Waals surface area contributed by atoms with Crippen molar-refractivity contribution < 1.29 is 0 Å². The van der Waals surface area contributed by atoms with E-state index in [0.717, 1.165) is 19.6 Å². The third-order valence-electron chi connectivity index (χ3n) is 3.61. The van der Waals surface area contributed by atoms with Crippen LogP contribution < -0.4 is 0 Å². The van der Waals surface area contributed by atoms with Crippen LogP contribution in [0.5, 0.6) is 0 Å². The standard InChI is InChI=1S/C16H22N2/c1-12(8-17)9-18-10-13-5-6-15(16(2,3)4)7-14(13)11-18/h5-7,12H,9-11H2,1-4H3. The number of hydrogen-bond donors (Lipinski definition) is 0. The topological polar surface area (TPSA) is 27.0 Å². The lowest BCUT2D eigenvalue weighted by atomic mass is 9.85. The second-order valence-electron chi connectivity index (χ2n) is 6.43. The minimum atomic E-state index is 0.112. The van der Waals surface area contributed by atoms with Gasteiger partial charge in [-0.1, -0.05) is 39.0 Å². The highest BCUT2D eigenvalue weighted by molar-refractivity contribution is 5.37. The van der Waals surface area contributed by atoms with Crippen LogP contribution in [0.15, 0.2) is 18.2 Å². The van der Waals surface area contributed by atoms with E-state index in [0.29, 0.717) is 0 Å². The van der Waals surface area contributed by atoms with Crippen molar-refractivity contribution >= 4 is 0 Å². The molecule has 96 valence electrons. The fourth-order valence-corrected chi connectivity index (χ4v) is 2.49. The van der Waals surface area contributed by atoms with Crippen molar-refractivity contribution in [2.24, 2.45) is 5.92 Å². The van der Waals surface area contributed by atoms with Crippen LogP contribution in [0.1, 0.15) is 44.4 Å². The molecular formula is C16H22N2. The molecule has 0 N–H and O–H groups in total. The summed E-state index contributed by atoms with van der Waals surface area (Å²) in [4.78, 5) is 2.37. The summed E-state index contributed by atoms with van der Waals surface area (Å²) in [7, 11) is 0. The van der Waals surface area contributed by atoms with E-state index < -0.39 is 0 Å². The average Bonchev–Trinajstić information content (AvgIpc) is 2.68. The Balaban J connectivity index is 2.14. The van der Waals surface area contributed by atoms with E-state index in [-0.39, 0.29) is 11.3 Å². The highest BCUT2D eigenvalue weighted by Gasteiger charge is 2.22. The molecule has 1 aliphatic heterocycles. The van der Waals surface area contributed by atoms with Crippen LogP contribution in [0.25, 0.3) is 0 Å². The van der Waals surface area contributed by atoms with Crippen LogP contribution in [0.4, 0.5) is 0 Å². The Morgan fingerprint density at radius 3 is 2.56 bits per heavy atom. The first-order chi connectivity index (χ1) is 8.40. The van der Waals surface area contributed by atoms with Gasteiger partial charge in [0, 0.05) is 19.6 Å². The zero-order valence-corrected chi connectivity index (χ0v) is 11.8. The number of nitrogens with zero attached hydrogens (tertiary/aromatic N) is 2. The summed E-state index contributed by atoms with van der Waals surface area (Å²) < 4.78 is 0. The molecular weight excluding hydrogens is 220 g/mol. The van der Waals surface area contributed by atoms with Gasteiger partial charge in [-0.2, -0.15) is 5.26 Å². The van der Waals surface area contributed by atoms with Crippen LogP contribution in [-0.4, -0.2) is 11.4 Å². The van der Waals surface area contributed by atoms with Crippen molar-refractivity contribution in [3.8, 4) is 6.07 Å². The van der Waals surface area contributed by atoms with Crippen molar-refractivity contribution in [2.75, 3.05) is 6.54 Å². The SMILES string of the molecule is CC(C#N)CN1Cc2ccc(C(C)(C)C)cc2C1. The highest BCUT2D eigenvalue weighted by atomic mass is 15.1. The monoisotopic (exact) mass is 242 g/mol. The van der Waals surface area contributed by atoms with Crippen molar-refractivity contribution in [2.45, 2.75) is 46.2 Å². The first-order valence-electron chi connectivity index (χ1n) is 6.64. The molecule has 0 spiro atoms. The molecule has 0 bridgehead atoms. The van der Waals surface area contributed by atoms with Crippen LogP contribution in [-0.2, 0) is 18.5 Å². The normalized spacial score (nSPS) is 17.3. The van der Waals surface area contributed by atoms with Gasteiger partial charge >= 0.3 is 0 Å². The number of nitriles is 1. The molecule has 0 saturated carbocycles. The van der Waals surface area contributed by atoms with E-state index in [9.17, 15) is 0 Å². The molecule has 0 saturated heterocycles. The summed E-state index contributed by atoms with van der Waals surface area (Å²) in [6.07, 6.45) is 0. The van der Waals surface area contributed by atoms with Gasteiger partial charge in [0.1, 0.15) is 0 Å². The fraction of sp³-hybridized carbons (Fsp3) is 0.562. The van der Waals surface area contributed by atoms with Gasteiger partial charge in [0.2, 0.25) is 0 Å². The predicted octanol–water partition coefficient (Wildman–Crippen LogP) is 3.46. The second-order valence-corrected chi connectivity index (χ2v) is 6.43. The van der Waals surface area contributed by atoms with E-state index in [1.54, 1.807) is 0 Å². The van der Waals surface area contributed by atoms with E-state index in [4.69, 9.17) is 5.26 Å². The number of benzene rings is 1. The van der Waals surface area contributed by atoms with E-state index in [2.05, 4.69) is 49.9 Å². The summed E-state index contributed by atoms with van der Waals surface area (Å²) in [5.74, 6) is 0.112. The van der Waals surface area contributed by atoms with Crippen LogP contribution in [0.3, 0.4) is 0 Å². The first-order valence-corrected chi connectivity index (χ1v) is 6.64. The molecule has 0 amide bonds. The Bertz CT molecular complexity index is 477. The Kier molecular flexibility index (Phi) is 3.45. The molecule has 18 heavy (non-hydrogen) atoms. The van der Waals surface area contributed by atoms with Gasteiger partial charge in [0.25, 0.3) is 0 Å². The van der Waals surface area contributed by atoms with Crippen molar-refractivity contribution in [1.82, 2.24) is 4.90 Å². The molecule has 1 aromatic carbocycles. The summed E-state index contributed by atoms with van der Waals surface area (Å²) in [6.45, 7) is 11.6. The number of hydrogen-bond acceptors (Lipinski definition) is 2. The zero-order valence-electron chi connectivity index (χ0n) is 11.8. The summed E-state index contributed by atoms with van der Waals surface area (Å²) >= 11 is 0. The van der Waals surface area contributed by atoms with E-state index in [1.807, 2.05) is 6.92 Å². The molecule has 0 fully saturated rings. The first kappa shape index (κ1) is 13.1. The molecule has 1 atom stereocenters. The number of rotatable bonds is 2. The average molecular weight is 242 g/mol. The molecule has 1 aromatic rings. The molecule has 1 unspecified atom stereocenters.